The Labute approximate surface area is 190 Å². The van der Waals surface area contributed by atoms with E-state index in [1.807, 2.05) is 0 Å². The molecule has 2 atom stereocenters. The van der Waals surface area contributed by atoms with Crippen molar-refractivity contribution >= 4 is 75.9 Å². The number of rotatable bonds is 8. The van der Waals surface area contributed by atoms with Crippen LogP contribution in [0.25, 0.3) is 0 Å². The maximum Gasteiger partial charge on any atom is 0.352 e. The summed E-state index contributed by atoms with van der Waals surface area (Å²) in [5, 5.41) is 18.8. The lowest BCUT2D eigenvalue weighted by Gasteiger charge is -2.49. The largest absolute Gasteiger partial charge is 0.477 e. The maximum absolute atomic E-state index is 12.7. The summed E-state index contributed by atoms with van der Waals surface area (Å²) in [6, 6.07) is -0.881. The standard InChI is InChI=1S/C16H17N5O5S3.ClH/c1-3-27-4-7-5-28-14-10(13(23)21(14)11(7)15(24)25)19-12(22)9(20-26-2)8-6-29-16(17)18-8;/h3,6,10,14H,1,4-5H2,2H3,(H2,17,18)(H,19,22)(H,24,25);1H/t10?,14-;/m1./s1. The van der Waals surface area contributed by atoms with E-state index in [9.17, 15) is 19.5 Å². The topological polar surface area (TPSA) is 147 Å². The summed E-state index contributed by atoms with van der Waals surface area (Å²) in [5.41, 5.74) is 6.31. The number of hydrogen-bond donors (Lipinski definition) is 3. The number of anilines is 1. The van der Waals surface area contributed by atoms with E-state index in [1.165, 1.54) is 35.5 Å². The van der Waals surface area contributed by atoms with Gasteiger partial charge in [0.1, 0.15) is 29.9 Å². The van der Waals surface area contributed by atoms with Gasteiger partial charge in [0.2, 0.25) is 0 Å². The van der Waals surface area contributed by atoms with Gasteiger partial charge in [-0.25, -0.2) is 9.78 Å². The zero-order chi connectivity index (χ0) is 21.1. The zero-order valence-corrected chi connectivity index (χ0v) is 18.8. The van der Waals surface area contributed by atoms with E-state index in [4.69, 9.17) is 10.6 Å². The SMILES string of the molecule is C=CSCC1=C(C(=O)O)N2C(=O)C(NC(=O)C(=NOC)c3csc(N)n3)[C@H]2SC1.Cl. The Morgan fingerprint density at radius 2 is 2.33 bits per heavy atom. The molecule has 3 rings (SSSR count). The minimum atomic E-state index is -1.17. The number of nitrogens with one attached hydrogen (secondary N) is 1. The molecule has 0 spiro atoms. The predicted octanol–water partition coefficient (Wildman–Crippen LogP) is 1.11. The molecule has 0 aromatic carbocycles. The number of halogens is 1. The number of carboxylic acid groups (broad SMARTS) is 1. The third-order valence-electron chi connectivity index (χ3n) is 4.07. The van der Waals surface area contributed by atoms with Gasteiger partial charge in [-0.05, 0) is 11.0 Å². The highest BCUT2D eigenvalue weighted by Gasteiger charge is 2.54. The number of carbonyl (C=O) groups excluding carboxylic acids is 2. The van der Waals surface area contributed by atoms with Gasteiger partial charge in [0.15, 0.2) is 10.8 Å². The number of amides is 2. The molecule has 1 saturated heterocycles. The van der Waals surface area contributed by atoms with Gasteiger partial charge >= 0.3 is 5.97 Å². The van der Waals surface area contributed by atoms with Gasteiger partial charge in [0.05, 0.1) is 0 Å². The zero-order valence-electron chi connectivity index (χ0n) is 15.6. The fourth-order valence-corrected chi connectivity index (χ4v) is 5.44. The van der Waals surface area contributed by atoms with E-state index in [-0.39, 0.29) is 34.6 Å². The summed E-state index contributed by atoms with van der Waals surface area (Å²) in [6.07, 6.45) is 0. The number of aromatic nitrogens is 1. The second kappa shape index (κ2) is 10.2. The van der Waals surface area contributed by atoms with Crippen LogP contribution >= 0.6 is 47.3 Å². The van der Waals surface area contributed by atoms with Crippen LogP contribution in [0.15, 0.2) is 33.8 Å². The second-order valence-electron chi connectivity index (χ2n) is 5.79. The van der Waals surface area contributed by atoms with Crippen LogP contribution in [0.5, 0.6) is 0 Å². The number of thiazole rings is 1. The molecule has 30 heavy (non-hydrogen) atoms. The van der Waals surface area contributed by atoms with Crippen molar-refractivity contribution in [3.63, 3.8) is 0 Å². The van der Waals surface area contributed by atoms with E-state index in [0.29, 0.717) is 17.1 Å². The van der Waals surface area contributed by atoms with Gasteiger partial charge in [-0.2, -0.15) is 0 Å². The van der Waals surface area contributed by atoms with E-state index >= 15 is 0 Å². The van der Waals surface area contributed by atoms with Gasteiger partial charge in [0.25, 0.3) is 11.8 Å². The minimum Gasteiger partial charge on any atom is -0.477 e. The average Bonchev–Trinajstić information content (AvgIpc) is 3.13. The van der Waals surface area contributed by atoms with E-state index in [1.54, 1.807) is 10.8 Å². The van der Waals surface area contributed by atoms with Crippen molar-refractivity contribution in [2.75, 3.05) is 24.3 Å². The second-order valence-corrected chi connectivity index (χ2v) is 8.74. The molecule has 1 aromatic rings. The molecule has 1 unspecified atom stereocenters. The maximum atomic E-state index is 12.7. The van der Waals surface area contributed by atoms with Crippen LogP contribution in [0.1, 0.15) is 5.69 Å². The summed E-state index contributed by atoms with van der Waals surface area (Å²) < 4.78 is 0. The number of nitrogens with zero attached hydrogens (tertiary/aromatic N) is 3. The third-order valence-corrected chi connectivity index (χ3v) is 6.84. The first-order chi connectivity index (χ1) is 13.9. The van der Waals surface area contributed by atoms with Crippen molar-refractivity contribution in [1.82, 2.24) is 15.2 Å². The van der Waals surface area contributed by atoms with E-state index in [2.05, 4.69) is 22.0 Å². The molecule has 2 amide bonds. The van der Waals surface area contributed by atoms with Crippen molar-refractivity contribution in [2.24, 2.45) is 5.16 Å². The molecular formula is C16H18ClN5O5S3. The molecule has 14 heteroatoms. The summed E-state index contributed by atoms with van der Waals surface area (Å²) in [4.78, 5) is 47.0. The first kappa shape index (κ1) is 24.1. The van der Waals surface area contributed by atoms with Crippen LogP contribution in [-0.4, -0.2) is 68.5 Å². The lowest BCUT2D eigenvalue weighted by molar-refractivity contribution is -0.150. The monoisotopic (exact) mass is 491 g/mol. The predicted molar refractivity (Wildman–Crippen MR) is 120 cm³/mol. The van der Waals surface area contributed by atoms with Gasteiger partial charge in [-0.3, -0.25) is 14.5 Å². The molecule has 2 aliphatic rings. The molecule has 0 aliphatic carbocycles. The molecule has 0 radical (unpaired) electrons. The average molecular weight is 492 g/mol. The highest BCUT2D eigenvalue weighted by atomic mass is 35.5. The number of thioether (sulfide) groups is 2. The number of carbonyl (C=O) groups is 3. The number of nitrogen functional groups attached to an aromatic ring is 1. The normalized spacial score (nSPS) is 20.6. The summed E-state index contributed by atoms with van der Waals surface area (Å²) in [5.74, 6) is -1.46. The molecule has 4 N–H and O–H groups in total. The number of β-lactam (4-membered cyclic amide) rings is 1. The molecule has 162 valence electrons. The number of hydrogen-bond acceptors (Lipinski definition) is 10. The van der Waals surface area contributed by atoms with Crippen LogP contribution in [-0.2, 0) is 19.2 Å². The Kier molecular flexibility index (Phi) is 8.18. The molecule has 2 aliphatic heterocycles. The fraction of sp³-hybridized carbons (Fsp3) is 0.312. The van der Waals surface area contributed by atoms with Crippen LogP contribution < -0.4 is 11.1 Å². The highest BCUT2D eigenvalue weighted by molar-refractivity contribution is 8.02. The number of aliphatic carboxylic acids is 1. The third kappa shape index (κ3) is 4.58. The molecule has 3 heterocycles. The van der Waals surface area contributed by atoms with Crippen molar-refractivity contribution in [3.05, 3.63) is 34.3 Å². The van der Waals surface area contributed by atoms with Crippen molar-refractivity contribution in [3.8, 4) is 0 Å². The number of nitrogens with two attached hydrogens (primary N) is 1. The van der Waals surface area contributed by atoms with Crippen LogP contribution in [0.3, 0.4) is 0 Å². The number of oxime groups is 1. The van der Waals surface area contributed by atoms with Crippen LogP contribution in [0.2, 0.25) is 0 Å². The molecule has 0 saturated carbocycles. The summed E-state index contributed by atoms with van der Waals surface area (Å²) in [6.45, 7) is 3.61. The van der Waals surface area contributed by atoms with Gasteiger partial charge in [0, 0.05) is 16.9 Å². The summed E-state index contributed by atoms with van der Waals surface area (Å²) in [7, 11) is 1.28. The minimum absolute atomic E-state index is 0. The van der Waals surface area contributed by atoms with Crippen molar-refractivity contribution in [1.29, 1.82) is 0 Å². The van der Waals surface area contributed by atoms with Crippen molar-refractivity contribution < 1.29 is 24.3 Å². The fourth-order valence-electron chi connectivity index (χ4n) is 2.86. The van der Waals surface area contributed by atoms with Gasteiger partial charge < -0.3 is 21.0 Å². The quantitative estimate of drug-likeness (QED) is 0.276. The first-order valence-corrected chi connectivity index (χ1v) is 11.1. The van der Waals surface area contributed by atoms with Gasteiger partial charge in [-0.1, -0.05) is 11.7 Å². The smallest absolute Gasteiger partial charge is 0.352 e. The molecular weight excluding hydrogens is 474 g/mol. The Morgan fingerprint density at radius 1 is 1.60 bits per heavy atom. The highest BCUT2D eigenvalue weighted by Crippen LogP contribution is 2.41. The molecule has 10 nitrogen and oxygen atoms in total. The summed E-state index contributed by atoms with van der Waals surface area (Å²) >= 11 is 3.88. The molecule has 1 aromatic heterocycles. The van der Waals surface area contributed by atoms with E-state index < -0.39 is 29.2 Å². The molecule has 1 fully saturated rings. The van der Waals surface area contributed by atoms with Crippen LogP contribution in [0, 0.1) is 0 Å². The Balaban J connectivity index is 0.00000320. The van der Waals surface area contributed by atoms with Crippen LogP contribution in [0.4, 0.5) is 5.13 Å². The Morgan fingerprint density at radius 3 is 2.90 bits per heavy atom. The Bertz CT molecular complexity index is 934. The lowest BCUT2D eigenvalue weighted by Crippen LogP contribution is -2.71. The number of carboxylic acids is 1. The number of fused-ring (bicyclic) bond motifs is 1. The van der Waals surface area contributed by atoms with Gasteiger partial charge in [-0.15, -0.1) is 47.3 Å². The van der Waals surface area contributed by atoms with Crippen molar-refractivity contribution in [2.45, 2.75) is 11.4 Å². The molecule has 0 bridgehead atoms. The lowest BCUT2D eigenvalue weighted by atomic mass is 10.0. The Hall–Kier alpha value is -2.22. The first-order valence-electron chi connectivity index (χ1n) is 8.15. The van der Waals surface area contributed by atoms with E-state index in [0.717, 1.165) is 11.3 Å².